The van der Waals surface area contributed by atoms with E-state index in [0.29, 0.717) is 38.5 Å². The summed E-state index contributed by atoms with van der Waals surface area (Å²) in [6, 6.07) is 12.7. The van der Waals surface area contributed by atoms with E-state index >= 15 is 0 Å². The van der Waals surface area contributed by atoms with Crippen LogP contribution >= 0.6 is 22.9 Å². The lowest BCUT2D eigenvalue weighted by Gasteiger charge is -2.24. The lowest BCUT2D eigenvalue weighted by Crippen LogP contribution is -2.22. The summed E-state index contributed by atoms with van der Waals surface area (Å²) in [5.41, 5.74) is 3.45. The average Bonchev–Trinajstić information content (AvgIpc) is 3.33. The van der Waals surface area contributed by atoms with E-state index in [0.717, 1.165) is 16.7 Å². The van der Waals surface area contributed by atoms with Gasteiger partial charge in [0, 0.05) is 23.0 Å². The van der Waals surface area contributed by atoms with Crippen molar-refractivity contribution in [2.24, 2.45) is 0 Å². The molecule has 152 valence electrons. The van der Waals surface area contributed by atoms with Crippen molar-refractivity contribution in [2.45, 2.75) is 19.3 Å². The molecule has 0 saturated carbocycles. The van der Waals surface area contributed by atoms with Gasteiger partial charge in [-0.1, -0.05) is 17.7 Å². The maximum absolute atomic E-state index is 12.9. The summed E-state index contributed by atoms with van der Waals surface area (Å²) in [6.07, 6.45) is 0.308. The molecule has 1 atom stereocenters. The summed E-state index contributed by atoms with van der Waals surface area (Å²) in [6.45, 7) is 2.12. The minimum absolute atomic E-state index is 0.0731. The van der Waals surface area contributed by atoms with E-state index in [1.165, 1.54) is 11.3 Å². The Morgan fingerprint density at radius 1 is 1.17 bits per heavy atom. The van der Waals surface area contributed by atoms with Crippen molar-refractivity contribution in [1.82, 2.24) is 0 Å². The molecule has 5 rings (SSSR count). The molecule has 2 amide bonds. The van der Waals surface area contributed by atoms with Gasteiger partial charge in [-0.3, -0.25) is 9.59 Å². The molecule has 2 aliphatic rings. The molecule has 6 nitrogen and oxygen atoms in total. The third kappa shape index (κ3) is 3.30. The normalized spacial score (nSPS) is 16.7. The van der Waals surface area contributed by atoms with Crippen molar-refractivity contribution >= 4 is 45.4 Å². The van der Waals surface area contributed by atoms with Gasteiger partial charge in [0.05, 0.1) is 9.88 Å². The fraction of sp³-hybridized carbons (Fsp3) is 0.182. The van der Waals surface area contributed by atoms with Crippen molar-refractivity contribution < 1.29 is 19.1 Å². The molecule has 3 heterocycles. The number of ether oxygens (including phenoxy) is 2. The number of benzene rings is 2. The number of thiophene rings is 1. The Labute approximate surface area is 181 Å². The molecule has 2 aromatic carbocycles. The lowest BCUT2D eigenvalue weighted by molar-refractivity contribution is -0.116. The molecule has 0 unspecified atom stereocenters. The zero-order valence-corrected chi connectivity index (χ0v) is 17.5. The Morgan fingerprint density at radius 2 is 1.93 bits per heavy atom. The molecule has 0 bridgehead atoms. The maximum atomic E-state index is 12.9. The summed E-state index contributed by atoms with van der Waals surface area (Å²) >= 11 is 7.21. The third-order valence-electron chi connectivity index (χ3n) is 5.29. The number of nitrogens with one attached hydrogen (secondary N) is 2. The molecule has 30 heavy (non-hydrogen) atoms. The average molecular weight is 441 g/mol. The van der Waals surface area contributed by atoms with Crippen LogP contribution in [-0.2, 0) is 4.79 Å². The van der Waals surface area contributed by atoms with Gasteiger partial charge >= 0.3 is 0 Å². The minimum atomic E-state index is -0.215. The number of hydrogen-bond acceptors (Lipinski definition) is 5. The first-order chi connectivity index (χ1) is 14.5. The second-order valence-electron chi connectivity index (χ2n) is 7.18. The number of anilines is 2. The highest BCUT2D eigenvalue weighted by molar-refractivity contribution is 7.18. The van der Waals surface area contributed by atoms with Crippen LogP contribution in [0, 0.1) is 6.92 Å². The number of hydrogen-bond donors (Lipinski definition) is 2. The number of carbonyl (C=O) groups is 2. The van der Waals surface area contributed by atoms with Crippen LogP contribution in [0.3, 0.4) is 0 Å². The van der Waals surface area contributed by atoms with Crippen molar-refractivity contribution in [3.05, 3.63) is 69.1 Å². The first kappa shape index (κ1) is 19.0. The van der Waals surface area contributed by atoms with E-state index in [2.05, 4.69) is 10.6 Å². The largest absolute Gasteiger partial charge is 0.454 e. The van der Waals surface area contributed by atoms with Gasteiger partial charge in [0.15, 0.2) is 11.5 Å². The molecule has 0 radical (unpaired) electrons. The number of carbonyl (C=O) groups excluding carboxylic acids is 2. The number of rotatable bonds is 3. The number of halogens is 1. The minimum Gasteiger partial charge on any atom is -0.454 e. The Kier molecular flexibility index (Phi) is 4.64. The summed E-state index contributed by atoms with van der Waals surface area (Å²) < 4.78 is 10.9. The maximum Gasteiger partial charge on any atom is 0.266 e. The fourth-order valence-electron chi connectivity index (χ4n) is 3.86. The topological polar surface area (TPSA) is 76.7 Å². The SMILES string of the molecule is Cc1c(C(=O)Nc2ccc(Cl)cc2)sc2c1[C@@H](c1ccc3c(c1)OCO3)CC(=O)N2. The predicted octanol–water partition coefficient (Wildman–Crippen LogP) is 5.17. The summed E-state index contributed by atoms with van der Waals surface area (Å²) in [4.78, 5) is 25.9. The van der Waals surface area contributed by atoms with E-state index in [-0.39, 0.29) is 24.5 Å². The van der Waals surface area contributed by atoms with Gasteiger partial charge in [-0.05, 0) is 60.0 Å². The molecular formula is C22H17ClN2O4S. The first-order valence-corrected chi connectivity index (χ1v) is 10.6. The van der Waals surface area contributed by atoms with Crippen LogP contribution in [0.15, 0.2) is 42.5 Å². The lowest BCUT2D eigenvalue weighted by atomic mass is 9.84. The molecule has 8 heteroatoms. The van der Waals surface area contributed by atoms with Gasteiger partial charge in [0.2, 0.25) is 12.7 Å². The highest BCUT2D eigenvalue weighted by Crippen LogP contribution is 2.47. The summed E-state index contributed by atoms with van der Waals surface area (Å²) in [5.74, 6) is 0.929. The van der Waals surface area contributed by atoms with Gasteiger partial charge in [0.25, 0.3) is 5.91 Å². The second-order valence-corrected chi connectivity index (χ2v) is 8.63. The number of amides is 2. The van der Waals surface area contributed by atoms with Crippen LogP contribution < -0.4 is 20.1 Å². The van der Waals surface area contributed by atoms with Crippen LogP contribution in [0.4, 0.5) is 10.7 Å². The molecule has 0 spiro atoms. The summed E-state index contributed by atoms with van der Waals surface area (Å²) in [7, 11) is 0. The third-order valence-corrected chi connectivity index (χ3v) is 6.77. The van der Waals surface area contributed by atoms with E-state index < -0.39 is 0 Å². The smallest absolute Gasteiger partial charge is 0.266 e. The molecule has 2 aliphatic heterocycles. The van der Waals surface area contributed by atoms with Crippen molar-refractivity contribution in [2.75, 3.05) is 17.4 Å². The van der Waals surface area contributed by atoms with Crippen LogP contribution in [0.5, 0.6) is 11.5 Å². The molecule has 2 N–H and O–H groups in total. The van der Waals surface area contributed by atoms with Gasteiger partial charge in [-0.2, -0.15) is 0 Å². The first-order valence-electron chi connectivity index (χ1n) is 9.39. The van der Waals surface area contributed by atoms with E-state index in [9.17, 15) is 9.59 Å². The Hall–Kier alpha value is -3.03. The fourth-order valence-corrected chi connectivity index (χ4v) is 5.16. The highest BCUT2D eigenvalue weighted by Gasteiger charge is 2.33. The second kappa shape index (κ2) is 7.34. The van der Waals surface area contributed by atoms with Crippen molar-refractivity contribution in [1.29, 1.82) is 0 Å². The summed E-state index contributed by atoms with van der Waals surface area (Å²) in [5, 5.41) is 7.14. The van der Waals surface area contributed by atoms with Gasteiger partial charge in [0.1, 0.15) is 0 Å². The zero-order chi connectivity index (χ0) is 20.8. The monoisotopic (exact) mass is 440 g/mol. The van der Waals surface area contributed by atoms with Crippen LogP contribution in [0.25, 0.3) is 0 Å². The van der Waals surface area contributed by atoms with E-state index in [4.69, 9.17) is 21.1 Å². The van der Waals surface area contributed by atoms with Gasteiger partial charge in [-0.25, -0.2) is 0 Å². The number of fused-ring (bicyclic) bond motifs is 2. The van der Waals surface area contributed by atoms with E-state index in [1.807, 2.05) is 25.1 Å². The quantitative estimate of drug-likeness (QED) is 0.589. The van der Waals surface area contributed by atoms with Gasteiger partial charge < -0.3 is 20.1 Å². The Bertz CT molecular complexity index is 1170. The molecule has 0 aliphatic carbocycles. The Balaban J connectivity index is 1.50. The van der Waals surface area contributed by atoms with Crippen LogP contribution in [-0.4, -0.2) is 18.6 Å². The molecule has 0 saturated heterocycles. The highest BCUT2D eigenvalue weighted by atomic mass is 35.5. The Morgan fingerprint density at radius 3 is 2.73 bits per heavy atom. The molecular weight excluding hydrogens is 424 g/mol. The zero-order valence-electron chi connectivity index (χ0n) is 16.0. The van der Waals surface area contributed by atoms with Gasteiger partial charge in [-0.15, -0.1) is 11.3 Å². The van der Waals surface area contributed by atoms with Crippen molar-refractivity contribution in [3.8, 4) is 11.5 Å². The molecule has 3 aromatic rings. The van der Waals surface area contributed by atoms with Crippen molar-refractivity contribution in [3.63, 3.8) is 0 Å². The molecule has 1 aromatic heterocycles. The van der Waals surface area contributed by atoms with E-state index in [1.54, 1.807) is 24.3 Å². The molecule has 0 fully saturated rings. The standard InChI is InChI=1S/C22H17ClN2O4S/c1-11-19-15(12-2-7-16-17(8-12)29-10-28-16)9-18(26)25-22(19)30-20(11)21(27)24-14-5-3-13(23)4-6-14/h2-8,15H,9-10H2,1H3,(H,24,27)(H,25,26)/t15-/m1/s1. The van der Waals surface area contributed by atoms with Crippen LogP contribution in [0.1, 0.15) is 38.7 Å². The van der Waals surface area contributed by atoms with Crippen LogP contribution in [0.2, 0.25) is 5.02 Å². The predicted molar refractivity (Wildman–Crippen MR) is 116 cm³/mol.